The van der Waals surface area contributed by atoms with Crippen molar-refractivity contribution in [3.8, 4) is 5.75 Å². The summed E-state index contributed by atoms with van der Waals surface area (Å²) in [6.07, 6.45) is 6.42. The molecule has 1 aromatic carbocycles. The van der Waals surface area contributed by atoms with Crippen molar-refractivity contribution < 1.29 is 4.74 Å². The zero-order valence-electron chi connectivity index (χ0n) is 11.5. The number of rotatable bonds is 4. The van der Waals surface area contributed by atoms with Crippen LogP contribution in [-0.4, -0.2) is 13.7 Å². The lowest BCUT2D eigenvalue weighted by Gasteiger charge is -2.37. The average molecular weight is 280 g/mol. The molecule has 2 fully saturated rings. The number of hydrogen-bond acceptors (Lipinski definition) is 2. The van der Waals surface area contributed by atoms with Gasteiger partial charge in [0.05, 0.1) is 7.11 Å². The molecule has 19 heavy (non-hydrogen) atoms. The highest BCUT2D eigenvalue weighted by Gasteiger charge is 2.50. The van der Waals surface area contributed by atoms with Gasteiger partial charge in [-0.2, -0.15) is 0 Å². The fourth-order valence-electron chi connectivity index (χ4n) is 4.36. The quantitative estimate of drug-likeness (QED) is 0.913. The van der Waals surface area contributed by atoms with Gasteiger partial charge in [0.25, 0.3) is 0 Å². The molecule has 3 rings (SSSR count). The van der Waals surface area contributed by atoms with E-state index in [1.807, 2.05) is 18.2 Å². The van der Waals surface area contributed by atoms with Gasteiger partial charge in [0, 0.05) is 5.02 Å². The predicted octanol–water partition coefficient (Wildman–Crippen LogP) is 3.66. The minimum Gasteiger partial charge on any atom is -0.496 e. The zero-order valence-corrected chi connectivity index (χ0v) is 12.2. The van der Waals surface area contributed by atoms with E-state index in [0.717, 1.165) is 35.6 Å². The van der Waals surface area contributed by atoms with E-state index in [1.165, 1.54) is 31.2 Å². The minimum atomic E-state index is 0.279. The van der Waals surface area contributed by atoms with Crippen molar-refractivity contribution in [2.24, 2.45) is 23.0 Å². The topological polar surface area (TPSA) is 35.2 Å². The Kier molecular flexibility index (Phi) is 3.48. The van der Waals surface area contributed by atoms with E-state index in [4.69, 9.17) is 22.1 Å². The van der Waals surface area contributed by atoms with Gasteiger partial charge in [0.2, 0.25) is 0 Å². The monoisotopic (exact) mass is 279 g/mol. The molecule has 0 radical (unpaired) electrons. The van der Waals surface area contributed by atoms with Crippen LogP contribution in [-0.2, 0) is 6.42 Å². The maximum Gasteiger partial charge on any atom is 0.122 e. The summed E-state index contributed by atoms with van der Waals surface area (Å²) in [5, 5.41) is 0.783. The first-order valence-electron chi connectivity index (χ1n) is 7.19. The highest BCUT2D eigenvalue weighted by Crippen LogP contribution is 2.57. The van der Waals surface area contributed by atoms with Crippen molar-refractivity contribution in [3.63, 3.8) is 0 Å². The van der Waals surface area contributed by atoms with Crippen molar-refractivity contribution in [3.05, 3.63) is 28.8 Å². The van der Waals surface area contributed by atoms with Crippen LogP contribution >= 0.6 is 11.6 Å². The second-order valence-corrected chi connectivity index (χ2v) is 6.72. The van der Waals surface area contributed by atoms with Crippen molar-refractivity contribution in [2.75, 3.05) is 13.7 Å². The number of hydrogen-bond donors (Lipinski definition) is 1. The van der Waals surface area contributed by atoms with Crippen LogP contribution in [0.1, 0.15) is 31.2 Å². The number of fused-ring (bicyclic) bond motifs is 2. The van der Waals surface area contributed by atoms with E-state index in [-0.39, 0.29) is 5.41 Å². The molecule has 0 aromatic heterocycles. The van der Waals surface area contributed by atoms with E-state index in [1.54, 1.807) is 7.11 Å². The molecule has 0 amide bonds. The van der Waals surface area contributed by atoms with Crippen LogP contribution in [0.4, 0.5) is 0 Å². The summed E-state index contributed by atoms with van der Waals surface area (Å²) in [5.74, 6) is 2.64. The van der Waals surface area contributed by atoms with E-state index in [2.05, 4.69) is 0 Å². The fraction of sp³-hybridized carbons (Fsp3) is 0.625. The second-order valence-electron chi connectivity index (χ2n) is 6.28. The third-order valence-electron chi connectivity index (χ3n) is 5.29. The summed E-state index contributed by atoms with van der Waals surface area (Å²) >= 11 is 6.14. The van der Waals surface area contributed by atoms with E-state index in [0.29, 0.717) is 0 Å². The molecule has 3 atom stereocenters. The molecule has 2 nitrogen and oxygen atoms in total. The standard InChI is InChI=1S/C16H22ClNO/c1-19-15-5-4-14(17)7-12(15)9-16(10-18)8-11-2-3-13(16)6-11/h4-5,7,11,13H,2-3,6,8-10,18H2,1H3. The van der Waals surface area contributed by atoms with Gasteiger partial charge >= 0.3 is 0 Å². The molecule has 0 saturated heterocycles. The molecule has 2 aliphatic carbocycles. The largest absolute Gasteiger partial charge is 0.496 e. The minimum absolute atomic E-state index is 0.279. The van der Waals surface area contributed by atoms with Crippen molar-refractivity contribution in [1.82, 2.24) is 0 Å². The Balaban J connectivity index is 1.89. The van der Waals surface area contributed by atoms with Crippen LogP contribution in [0.25, 0.3) is 0 Å². The summed E-state index contributed by atoms with van der Waals surface area (Å²) in [7, 11) is 1.72. The molecular formula is C16H22ClNO. The molecular weight excluding hydrogens is 258 g/mol. The molecule has 104 valence electrons. The lowest BCUT2D eigenvalue weighted by atomic mass is 9.69. The summed E-state index contributed by atoms with van der Waals surface area (Å²) in [5.41, 5.74) is 7.65. The Labute approximate surface area is 120 Å². The van der Waals surface area contributed by atoms with Gasteiger partial charge in [-0.25, -0.2) is 0 Å². The highest BCUT2D eigenvalue weighted by molar-refractivity contribution is 6.30. The molecule has 2 aliphatic rings. The van der Waals surface area contributed by atoms with Crippen LogP contribution in [0.15, 0.2) is 18.2 Å². The van der Waals surface area contributed by atoms with Gasteiger partial charge < -0.3 is 10.5 Å². The Morgan fingerprint density at radius 2 is 2.26 bits per heavy atom. The summed E-state index contributed by atoms with van der Waals surface area (Å²) in [6.45, 7) is 0.782. The number of methoxy groups -OCH3 is 1. The molecule has 3 unspecified atom stereocenters. The summed E-state index contributed by atoms with van der Waals surface area (Å²) in [4.78, 5) is 0. The zero-order chi connectivity index (χ0) is 13.5. The summed E-state index contributed by atoms with van der Waals surface area (Å²) < 4.78 is 5.48. The first-order valence-corrected chi connectivity index (χ1v) is 7.57. The third kappa shape index (κ3) is 2.25. The number of nitrogens with two attached hydrogens (primary N) is 1. The van der Waals surface area contributed by atoms with Gasteiger partial charge in [0.1, 0.15) is 5.75 Å². The van der Waals surface area contributed by atoms with Crippen LogP contribution in [0.2, 0.25) is 5.02 Å². The van der Waals surface area contributed by atoms with E-state index >= 15 is 0 Å². The van der Waals surface area contributed by atoms with Gasteiger partial charge in [-0.05, 0) is 73.2 Å². The molecule has 2 saturated carbocycles. The van der Waals surface area contributed by atoms with Crippen LogP contribution in [0.3, 0.4) is 0 Å². The van der Waals surface area contributed by atoms with E-state index < -0.39 is 0 Å². The molecule has 1 aromatic rings. The predicted molar refractivity (Wildman–Crippen MR) is 78.6 cm³/mol. The van der Waals surface area contributed by atoms with E-state index in [9.17, 15) is 0 Å². The Morgan fingerprint density at radius 3 is 2.84 bits per heavy atom. The fourth-order valence-corrected chi connectivity index (χ4v) is 4.56. The SMILES string of the molecule is COc1ccc(Cl)cc1CC1(CN)CC2CCC1C2. The number of benzene rings is 1. The van der Waals surface area contributed by atoms with Gasteiger partial charge in [-0.1, -0.05) is 18.0 Å². The normalized spacial score (nSPS) is 32.8. The smallest absolute Gasteiger partial charge is 0.122 e. The van der Waals surface area contributed by atoms with Crippen LogP contribution in [0.5, 0.6) is 5.75 Å². The van der Waals surface area contributed by atoms with Crippen molar-refractivity contribution in [1.29, 1.82) is 0 Å². The molecule has 3 heteroatoms. The number of ether oxygens (including phenoxy) is 1. The summed E-state index contributed by atoms with van der Waals surface area (Å²) in [6, 6.07) is 5.90. The third-order valence-corrected chi connectivity index (χ3v) is 5.53. The lowest BCUT2D eigenvalue weighted by Crippen LogP contribution is -2.38. The number of halogens is 1. The van der Waals surface area contributed by atoms with Gasteiger partial charge in [-0.3, -0.25) is 0 Å². The molecule has 0 spiro atoms. The first-order chi connectivity index (χ1) is 9.16. The molecule has 0 heterocycles. The Morgan fingerprint density at radius 1 is 1.42 bits per heavy atom. The van der Waals surface area contributed by atoms with Gasteiger partial charge in [-0.15, -0.1) is 0 Å². The second kappa shape index (κ2) is 4.99. The molecule has 0 aliphatic heterocycles. The van der Waals surface area contributed by atoms with Crippen LogP contribution < -0.4 is 10.5 Å². The Bertz CT molecular complexity index is 476. The van der Waals surface area contributed by atoms with Crippen LogP contribution in [0, 0.1) is 17.3 Å². The molecule has 2 N–H and O–H groups in total. The highest BCUT2D eigenvalue weighted by atomic mass is 35.5. The molecule has 2 bridgehead atoms. The Hall–Kier alpha value is -0.730. The maximum atomic E-state index is 6.16. The maximum absolute atomic E-state index is 6.16. The average Bonchev–Trinajstić information content (AvgIpc) is 3.00. The van der Waals surface area contributed by atoms with Crippen molar-refractivity contribution in [2.45, 2.75) is 32.1 Å². The first kappa shape index (κ1) is 13.3. The van der Waals surface area contributed by atoms with Crippen molar-refractivity contribution >= 4 is 11.6 Å². The lowest BCUT2D eigenvalue weighted by molar-refractivity contribution is 0.170. The van der Waals surface area contributed by atoms with Gasteiger partial charge in [0.15, 0.2) is 0 Å².